The van der Waals surface area contributed by atoms with Crippen LogP contribution in [-0.4, -0.2) is 39.5 Å². The molecule has 0 aliphatic rings. The van der Waals surface area contributed by atoms with Gasteiger partial charge in [-0.2, -0.15) is 10.5 Å². The zero-order valence-electron chi connectivity index (χ0n) is 20.9. The van der Waals surface area contributed by atoms with Gasteiger partial charge in [0.25, 0.3) is 0 Å². The predicted octanol–water partition coefficient (Wildman–Crippen LogP) is 4.97. The van der Waals surface area contributed by atoms with E-state index in [1.54, 1.807) is 36.4 Å². The number of nitrogens with two attached hydrogens (primary N) is 1. The molecule has 11 heteroatoms. The quantitative estimate of drug-likeness (QED) is 0.225. The van der Waals surface area contributed by atoms with Crippen LogP contribution in [0.2, 0.25) is 5.02 Å². The highest BCUT2D eigenvalue weighted by molar-refractivity contribution is 7.98. The molecule has 0 unspecified atom stereocenters. The Bertz CT molecular complexity index is 1540. The number of halogens is 1. The first kappa shape index (κ1) is 28.0. The Morgan fingerprint density at radius 2 is 1.72 bits per heavy atom. The molecule has 4 rings (SSSR count). The molecule has 0 saturated heterocycles. The molecule has 198 valence electrons. The van der Waals surface area contributed by atoms with Gasteiger partial charge in [0, 0.05) is 28.3 Å². The van der Waals surface area contributed by atoms with E-state index in [9.17, 15) is 15.6 Å². The molecule has 2 aromatic carbocycles. The van der Waals surface area contributed by atoms with Gasteiger partial charge in [0.05, 0.1) is 17.9 Å². The summed E-state index contributed by atoms with van der Waals surface area (Å²) in [6.45, 7) is 1.48. The zero-order valence-corrected chi connectivity index (χ0v) is 22.5. The van der Waals surface area contributed by atoms with Crippen molar-refractivity contribution in [2.45, 2.75) is 30.2 Å². The second-order valence-electron chi connectivity index (χ2n) is 8.36. The Morgan fingerprint density at radius 1 is 1.05 bits per heavy atom. The normalized spacial score (nSPS) is 11.5. The third-order valence-electron chi connectivity index (χ3n) is 5.75. The summed E-state index contributed by atoms with van der Waals surface area (Å²) in [5.41, 5.74) is 8.94. The molecular weight excluding hydrogens is 538 g/mol. The van der Waals surface area contributed by atoms with Crippen LogP contribution in [-0.2, 0) is 12.2 Å². The van der Waals surface area contributed by atoms with Gasteiger partial charge in [-0.15, -0.1) is 0 Å². The Kier molecular flexibility index (Phi) is 9.07. The summed E-state index contributed by atoms with van der Waals surface area (Å²) in [5, 5.41) is 39.3. The number of hydrogen-bond acceptors (Lipinski definition) is 10. The SMILES string of the molecule is CCc1oc(-c2ccc(Cl)cc2)nc1CSc1nc(N)c(C#N)c(-c2ccc(OC[C@@H](O)CO)cc2)c1C#N. The third-order valence-corrected chi connectivity index (χ3v) is 6.99. The molecule has 1 atom stereocenters. The Labute approximate surface area is 234 Å². The van der Waals surface area contributed by atoms with E-state index in [0.29, 0.717) is 50.7 Å². The van der Waals surface area contributed by atoms with Gasteiger partial charge in [-0.25, -0.2) is 9.97 Å². The highest BCUT2D eigenvalue weighted by Gasteiger charge is 2.22. The number of rotatable bonds is 10. The number of aromatic nitrogens is 2. The van der Waals surface area contributed by atoms with E-state index in [2.05, 4.69) is 22.1 Å². The van der Waals surface area contributed by atoms with Crippen molar-refractivity contribution < 1.29 is 19.4 Å². The second kappa shape index (κ2) is 12.7. The highest BCUT2D eigenvalue weighted by Crippen LogP contribution is 2.38. The van der Waals surface area contributed by atoms with Crippen LogP contribution in [0.5, 0.6) is 5.75 Å². The largest absolute Gasteiger partial charge is 0.491 e. The summed E-state index contributed by atoms with van der Waals surface area (Å²) in [4.78, 5) is 9.03. The van der Waals surface area contributed by atoms with Crippen molar-refractivity contribution >= 4 is 29.2 Å². The standard InChI is InChI=1S/C28H24ClN5O4S/c1-2-24-23(33-27(38-24)17-3-7-18(29)8-4-17)15-39-28-22(12-31)25(21(11-30)26(32)34-28)16-5-9-20(10-6-16)37-14-19(36)13-35/h3-10,19,35-36H,2,13-15H2,1H3,(H2,32,34)/t19-/m0/s1. The highest BCUT2D eigenvalue weighted by atomic mass is 35.5. The maximum atomic E-state index is 10.1. The number of aliphatic hydroxyl groups is 2. The lowest BCUT2D eigenvalue weighted by molar-refractivity contribution is 0.0536. The summed E-state index contributed by atoms with van der Waals surface area (Å²) in [7, 11) is 0. The van der Waals surface area contributed by atoms with Crippen LogP contribution in [0.3, 0.4) is 0 Å². The van der Waals surface area contributed by atoms with E-state index in [1.807, 2.05) is 19.1 Å². The third kappa shape index (κ3) is 6.33. The molecule has 4 N–H and O–H groups in total. The molecule has 0 amide bonds. The molecule has 0 aliphatic carbocycles. The number of benzene rings is 2. The van der Waals surface area contributed by atoms with Crippen molar-refractivity contribution in [2.75, 3.05) is 18.9 Å². The fourth-order valence-electron chi connectivity index (χ4n) is 3.78. The molecule has 2 aromatic heterocycles. The van der Waals surface area contributed by atoms with Gasteiger partial charge in [-0.05, 0) is 42.0 Å². The van der Waals surface area contributed by atoms with Gasteiger partial charge >= 0.3 is 0 Å². The van der Waals surface area contributed by atoms with Crippen molar-refractivity contribution in [3.05, 3.63) is 76.1 Å². The van der Waals surface area contributed by atoms with Crippen LogP contribution in [0.4, 0.5) is 5.82 Å². The molecule has 9 nitrogen and oxygen atoms in total. The minimum atomic E-state index is -1.00. The van der Waals surface area contributed by atoms with E-state index in [4.69, 9.17) is 31.6 Å². The first-order chi connectivity index (χ1) is 18.9. The number of pyridine rings is 1. The molecular formula is C28H24ClN5O4S. The van der Waals surface area contributed by atoms with Crippen molar-refractivity contribution in [2.24, 2.45) is 0 Å². The van der Waals surface area contributed by atoms with E-state index < -0.39 is 12.7 Å². The van der Waals surface area contributed by atoms with Crippen LogP contribution < -0.4 is 10.5 Å². The van der Waals surface area contributed by atoms with Crippen molar-refractivity contribution in [3.8, 4) is 40.5 Å². The van der Waals surface area contributed by atoms with Crippen molar-refractivity contribution in [1.82, 2.24) is 9.97 Å². The molecule has 0 radical (unpaired) electrons. The van der Waals surface area contributed by atoms with Crippen molar-refractivity contribution in [1.29, 1.82) is 10.5 Å². The Morgan fingerprint density at radius 3 is 2.33 bits per heavy atom. The molecule has 0 saturated carbocycles. The van der Waals surface area contributed by atoms with Gasteiger partial charge in [0.1, 0.15) is 52.8 Å². The van der Waals surface area contributed by atoms with Crippen LogP contribution in [0, 0.1) is 22.7 Å². The lowest BCUT2D eigenvalue weighted by Crippen LogP contribution is -2.21. The fourth-order valence-corrected chi connectivity index (χ4v) is 4.86. The first-order valence-corrected chi connectivity index (χ1v) is 13.3. The lowest BCUT2D eigenvalue weighted by Gasteiger charge is -2.14. The maximum absolute atomic E-state index is 10.1. The molecule has 0 fully saturated rings. The zero-order chi connectivity index (χ0) is 27.9. The number of aryl methyl sites for hydroxylation is 1. The predicted molar refractivity (Wildman–Crippen MR) is 148 cm³/mol. The molecule has 0 aliphatic heterocycles. The van der Waals surface area contributed by atoms with E-state index in [0.717, 1.165) is 11.3 Å². The van der Waals surface area contributed by atoms with Gasteiger partial charge in [0.15, 0.2) is 0 Å². The van der Waals surface area contributed by atoms with Crippen LogP contribution in [0.15, 0.2) is 58.0 Å². The smallest absolute Gasteiger partial charge is 0.226 e. The summed E-state index contributed by atoms with van der Waals surface area (Å²) < 4.78 is 11.4. The minimum absolute atomic E-state index is 0.0121. The molecule has 0 spiro atoms. The summed E-state index contributed by atoms with van der Waals surface area (Å²) in [6.07, 6.45) is -0.376. The summed E-state index contributed by atoms with van der Waals surface area (Å²) >= 11 is 7.28. The molecule has 39 heavy (non-hydrogen) atoms. The van der Waals surface area contributed by atoms with E-state index >= 15 is 0 Å². The second-order valence-corrected chi connectivity index (χ2v) is 9.76. The molecule has 4 aromatic rings. The fraction of sp³-hybridized carbons (Fsp3) is 0.214. The average Bonchev–Trinajstić information content (AvgIpc) is 3.38. The molecule has 0 bridgehead atoms. The summed E-state index contributed by atoms with van der Waals surface area (Å²) in [5.74, 6) is 2.02. The van der Waals surface area contributed by atoms with Crippen molar-refractivity contribution in [3.63, 3.8) is 0 Å². The number of ether oxygens (including phenoxy) is 1. The van der Waals surface area contributed by atoms with Gasteiger partial charge < -0.3 is 25.1 Å². The Balaban J connectivity index is 1.65. The van der Waals surface area contributed by atoms with Gasteiger partial charge in [-0.3, -0.25) is 0 Å². The minimum Gasteiger partial charge on any atom is -0.491 e. The number of anilines is 1. The number of aliphatic hydroxyl groups excluding tert-OH is 2. The average molecular weight is 562 g/mol. The van der Waals surface area contributed by atoms with Gasteiger partial charge in [-0.1, -0.05) is 42.4 Å². The van der Waals surface area contributed by atoms with Crippen LogP contribution in [0.1, 0.15) is 29.5 Å². The number of nitrogen functional groups attached to an aromatic ring is 1. The number of thioether (sulfide) groups is 1. The first-order valence-electron chi connectivity index (χ1n) is 11.9. The van der Waals surface area contributed by atoms with Crippen LogP contribution in [0.25, 0.3) is 22.6 Å². The monoisotopic (exact) mass is 561 g/mol. The lowest BCUT2D eigenvalue weighted by atomic mass is 9.97. The van der Waals surface area contributed by atoms with Crippen LogP contribution >= 0.6 is 23.4 Å². The Hall–Kier alpha value is -4.06. The number of hydrogen-bond donors (Lipinski definition) is 3. The van der Waals surface area contributed by atoms with E-state index in [-0.39, 0.29) is 23.6 Å². The molecule has 2 heterocycles. The summed E-state index contributed by atoms with van der Waals surface area (Å²) in [6, 6.07) is 18.1. The van der Waals surface area contributed by atoms with E-state index in [1.165, 1.54) is 11.8 Å². The topological polar surface area (TPSA) is 162 Å². The van der Waals surface area contributed by atoms with Gasteiger partial charge in [0.2, 0.25) is 5.89 Å². The maximum Gasteiger partial charge on any atom is 0.226 e. The number of nitriles is 2. The number of nitrogens with zero attached hydrogens (tertiary/aromatic N) is 4. The number of oxazole rings is 1.